The number of rotatable bonds is 6. The predicted molar refractivity (Wildman–Crippen MR) is 101 cm³/mol. The number of amides is 1. The van der Waals surface area contributed by atoms with Crippen LogP contribution in [-0.2, 0) is 9.53 Å². The minimum Gasteiger partial charge on any atom is -0.450 e. The Kier molecular flexibility index (Phi) is 5.68. The molecule has 1 N–H and O–H groups in total. The minimum absolute atomic E-state index is 0.0700. The third-order valence-electron chi connectivity index (χ3n) is 3.96. The summed E-state index contributed by atoms with van der Waals surface area (Å²) in [6.07, 6.45) is 0. The van der Waals surface area contributed by atoms with Crippen LogP contribution >= 0.6 is 0 Å². The largest absolute Gasteiger partial charge is 0.450 e. The normalized spacial score (nSPS) is 10.4. The van der Waals surface area contributed by atoms with Gasteiger partial charge in [0, 0.05) is 23.4 Å². The Hall–Kier alpha value is -4.01. The molecule has 0 aliphatic heterocycles. The zero-order valence-electron chi connectivity index (χ0n) is 15.2. The van der Waals surface area contributed by atoms with Crippen LogP contribution in [0.1, 0.15) is 16.1 Å². The molecule has 2 aromatic carbocycles. The number of aryl methyl sites for hydroxylation is 1. The number of non-ortho nitro benzene ring substituents is 1. The summed E-state index contributed by atoms with van der Waals surface area (Å²) in [5, 5.41) is 13.1. The maximum absolute atomic E-state index is 13.5. The summed E-state index contributed by atoms with van der Waals surface area (Å²) in [5.41, 5.74) is 1.15. The summed E-state index contributed by atoms with van der Waals surface area (Å²) < 4.78 is 23.8. The number of anilines is 1. The molecular weight excluding hydrogens is 383 g/mol. The highest BCUT2D eigenvalue weighted by Gasteiger charge is 2.16. The zero-order chi connectivity index (χ0) is 21.0. The van der Waals surface area contributed by atoms with E-state index in [2.05, 4.69) is 5.32 Å². The Morgan fingerprint density at radius 3 is 2.52 bits per heavy atom. The smallest absolute Gasteiger partial charge is 0.374 e. The first-order valence-electron chi connectivity index (χ1n) is 8.41. The zero-order valence-corrected chi connectivity index (χ0v) is 15.2. The van der Waals surface area contributed by atoms with E-state index >= 15 is 0 Å². The Morgan fingerprint density at radius 1 is 1.14 bits per heavy atom. The summed E-state index contributed by atoms with van der Waals surface area (Å²) >= 11 is 0. The van der Waals surface area contributed by atoms with Crippen LogP contribution in [0, 0.1) is 22.9 Å². The predicted octanol–water partition coefficient (Wildman–Crippen LogP) is 4.10. The third kappa shape index (κ3) is 4.83. The highest BCUT2D eigenvalue weighted by Crippen LogP contribution is 2.24. The molecular formula is C20H15FN2O6. The number of nitro groups is 1. The van der Waals surface area contributed by atoms with Crippen molar-refractivity contribution < 1.29 is 28.1 Å². The van der Waals surface area contributed by atoms with Crippen LogP contribution in [0.15, 0.2) is 59.0 Å². The summed E-state index contributed by atoms with van der Waals surface area (Å²) in [7, 11) is 0. The van der Waals surface area contributed by atoms with Crippen LogP contribution in [0.25, 0.3) is 11.3 Å². The molecule has 0 spiro atoms. The molecule has 0 bridgehead atoms. The Balaban J connectivity index is 1.57. The van der Waals surface area contributed by atoms with Gasteiger partial charge in [0.25, 0.3) is 11.6 Å². The summed E-state index contributed by atoms with van der Waals surface area (Å²) in [4.78, 5) is 34.1. The van der Waals surface area contributed by atoms with Crippen molar-refractivity contribution in [2.45, 2.75) is 6.92 Å². The van der Waals surface area contributed by atoms with Gasteiger partial charge in [-0.25, -0.2) is 9.18 Å². The second-order valence-electron chi connectivity index (χ2n) is 6.06. The molecule has 0 unspecified atom stereocenters. The van der Waals surface area contributed by atoms with Gasteiger partial charge in [-0.15, -0.1) is 0 Å². The average molecular weight is 398 g/mol. The van der Waals surface area contributed by atoms with Crippen LogP contribution in [0.4, 0.5) is 15.8 Å². The van der Waals surface area contributed by atoms with Crippen LogP contribution in [-0.4, -0.2) is 23.4 Å². The van der Waals surface area contributed by atoms with Crippen molar-refractivity contribution in [3.8, 4) is 11.3 Å². The van der Waals surface area contributed by atoms with E-state index in [1.54, 1.807) is 6.92 Å². The quantitative estimate of drug-likeness (QED) is 0.380. The first-order chi connectivity index (χ1) is 13.8. The first kappa shape index (κ1) is 19.7. The molecule has 3 aromatic rings. The summed E-state index contributed by atoms with van der Waals surface area (Å²) in [6.45, 7) is 1.01. The molecule has 9 heteroatoms. The number of nitro benzene ring substituents is 1. The molecule has 148 valence electrons. The van der Waals surface area contributed by atoms with Gasteiger partial charge in [0.05, 0.1) is 4.92 Å². The fraction of sp³-hybridized carbons (Fsp3) is 0.100. The number of carbonyl (C=O) groups is 2. The SMILES string of the molecule is Cc1ccc(NC(=O)COC(=O)c2ccc(-c3ccc([N+](=O)[O-])cc3)o2)cc1F. The molecule has 1 amide bonds. The second-order valence-corrected chi connectivity index (χ2v) is 6.06. The van der Waals surface area contributed by atoms with Crippen molar-refractivity contribution >= 4 is 23.3 Å². The van der Waals surface area contributed by atoms with Gasteiger partial charge in [-0.1, -0.05) is 6.07 Å². The topological polar surface area (TPSA) is 112 Å². The number of nitrogens with zero attached hydrogens (tertiary/aromatic N) is 1. The van der Waals surface area contributed by atoms with Gasteiger partial charge in [-0.05, 0) is 48.9 Å². The van der Waals surface area contributed by atoms with E-state index in [0.29, 0.717) is 16.9 Å². The molecule has 0 fully saturated rings. The Labute approximate surface area is 164 Å². The molecule has 0 atom stereocenters. The van der Waals surface area contributed by atoms with E-state index in [9.17, 15) is 24.1 Å². The number of benzene rings is 2. The highest BCUT2D eigenvalue weighted by atomic mass is 19.1. The lowest BCUT2D eigenvalue weighted by Crippen LogP contribution is -2.20. The molecule has 29 heavy (non-hydrogen) atoms. The first-order valence-corrected chi connectivity index (χ1v) is 8.41. The minimum atomic E-state index is -0.858. The van der Waals surface area contributed by atoms with Crippen LogP contribution in [0.3, 0.4) is 0 Å². The van der Waals surface area contributed by atoms with E-state index < -0.39 is 29.2 Å². The molecule has 0 saturated heterocycles. The average Bonchev–Trinajstić information content (AvgIpc) is 3.19. The molecule has 1 aromatic heterocycles. The standard InChI is InChI=1S/C20H15FN2O6/c1-12-2-5-14(10-16(12)21)22-19(24)11-28-20(25)18-9-8-17(29-18)13-3-6-15(7-4-13)23(26)27/h2-10H,11H2,1H3,(H,22,24). The third-order valence-corrected chi connectivity index (χ3v) is 3.96. The lowest BCUT2D eigenvalue weighted by molar-refractivity contribution is -0.384. The molecule has 1 heterocycles. The van der Waals surface area contributed by atoms with Gasteiger partial charge in [0.2, 0.25) is 5.76 Å². The molecule has 0 aliphatic carbocycles. The van der Waals surface area contributed by atoms with Gasteiger partial charge in [0.15, 0.2) is 6.61 Å². The Morgan fingerprint density at radius 2 is 1.86 bits per heavy atom. The van der Waals surface area contributed by atoms with E-state index in [1.807, 2.05) is 0 Å². The number of furan rings is 1. The maximum Gasteiger partial charge on any atom is 0.374 e. The lowest BCUT2D eigenvalue weighted by atomic mass is 10.1. The number of carbonyl (C=O) groups excluding carboxylic acids is 2. The second kappa shape index (κ2) is 8.34. The van der Waals surface area contributed by atoms with E-state index in [1.165, 1.54) is 48.5 Å². The van der Waals surface area contributed by atoms with Gasteiger partial charge < -0.3 is 14.5 Å². The van der Waals surface area contributed by atoms with Crippen molar-refractivity contribution in [3.05, 3.63) is 81.9 Å². The van der Waals surface area contributed by atoms with Crippen molar-refractivity contribution in [3.63, 3.8) is 0 Å². The number of ether oxygens (including phenoxy) is 1. The Bertz CT molecular complexity index is 1070. The van der Waals surface area contributed by atoms with Gasteiger partial charge >= 0.3 is 5.97 Å². The molecule has 8 nitrogen and oxygen atoms in total. The van der Waals surface area contributed by atoms with Crippen LogP contribution < -0.4 is 5.32 Å². The lowest BCUT2D eigenvalue weighted by Gasteiger charge is -2.06. The fourth-order valence-corrected chi connectivity index (χ4v) is 2.42. The van der Waals surface area contributed by atoms with E-state index in [-0.39, 0.29) is 17.1 Å². The van der Waals surface area contributed by atoms with E-state index in [4.69, 9.17) is 9.15 Å². The molecule has 0 radical (unpaired) electrons. The highest BCUT2D eigenvalue weighted by molar-refractivity contribution is 5.94. The van der Waals surface area contributed by atoms with Crippen LogP contribution in [0.5, 0.6) is 0 Å². The number of nitrogens with one attached hydrogen (secondary N) is 1. The summed E-state index contributed by atoms with van der Waals surface area (Å²) in [6, 6.07) is 12.7. The number of esters is 1. The van der Waals surface area contributed by atoms with Crippen LogP contribution in [0.2, 0.25) is 0 Å². The number of hydrogen-bond donors (Lipinski definition) is 1. The molecule has 0 saturated carbocycles. The monoisotopic (exact) mass is 398 g/mol. The van der Waals surface area contributed by atoms with Crippen molar-refractivity contribution in [2.75, 3.05) is 11.9 Å². The van der Waals surface area contributed by atoms with Crippen molar-refractivity contribution in [1.29, 1.82) is 0 Å². The summed E-state index contributed by atoms with van der Waals surface area (Å²) in [5.74, 6) is -1.78. The molecule has 0 aliphatic rings. The van der Waals surface area contributed by atoms with Gasteiger partial charge in [-0.3, -0.25) is 14.9 Å². The maximum atomic E-state index is 13.5. The van der Waals surface area contributed by atoms with Gasteiger partial charge in [-0.2, -0.15) is 0 Å². The van der Waals surface area contributed by atoms with E-state index in [0.717, 1.165) is 6.07 Å². The molecule has 3 rings (SSSR count). The van der Waals surface area contributed by atoms with Crippen molar-refractivity contribution in [2.24, 2.45) is 0 Å². The fourth-order valence-electron chi connectivity index (χ4n) is 2.42. The van der Waals surface area contributed by atoms with Gasteiger partial charge in [0.1, 0.15) is 11.6 Å². The number of hydrogen-bond acceptors (Lipinski definition) is 6. The number of halogens is 1. The van der Waals surface area contributed by atoms with Crippen molar-refractivity contribution in [1.82, 2.24) is 0 Å².